The third-order valence-corrected chi connectivity index (χ3v) is 2.61. The van der Waals surface area contributed by atoms with E-state index >= 15 is 0 Å². The van der Waals surface area contributed by atoms with Crippen molar-refractivity contribution in [2.45, 2.75) is 13.2 Å². The van der Waals surface area contributed by atoms with Crippen LogP contribution in [0.15, 0.2) is 42.7 Å². The van der Waals surface area contributed by atoms with E-state index in [-0.39, 0.29) is 0 Å². The molecule has 2 aromatic rings. The summed E-state index contributed by atoms with van der Waals surface area (Å²) >= 11 is 5.90. The van der Waals surface area contributed by atoms with E-state index in [1.165, 1.54) is 0 Å². The molecule has 0 fully saturated rings. The summed E-state index contributed by atoms with van der Waals surface area (Å²) in [6, 6.07) is 9.42. The number of nitrogens with two attached hydrogens (primary N) is 1. The Hall–Kier alpha value is -1.58. The molecule has 0 unspecified atom stereocenters. The maximum absolute atomic E-state index is 5.90. The van der Waals surface area contributed by atoms with E-state index in [0.717, 1.165) is 16.9 Å². The molecular formula is C13H13ClN2O. The van der Waals surface area contributed by atoms with Crippen LogP contribution >= 0.6 is 11.6 Å². The molecule has 0 radical (unpaired) electrons. The van der Waals surface area contributed by atoms with Crippen LogP contribution in [0.1, 0.15) is 11.1 Å². The summed E-state index contributed by atoms with van der Waals surface area (Å²) in [6.45, 7) is 0.895. The normalized spacial score (nSPS) is 10.2. The number of pyridine rings is 1. The van der Waals surface area contributed by atoms with E-state index in [1.807, 2.05) is 30.3 Å². The number of halogens is 1. The van der Waals surface area contributed by atoms with Gasteiger partial charge in [0, 0.05) is 23.3 Å². The standard InChI is InChI=1S/C13H13ClN2O/c14-12-3-1-2-10(6-12)9-17-13-8-16-5-4-11(13)7-15/h1-6,8H,7,9,15H2. The molecular weight excluding hydrogens is 236 g/mol. The molecule has 17 heavy (non-hydrogen) atoms. The van der Waals surface area contributed by atoms with Gasteiger partial charge in [-0.05, 0) is 23.8 Å². The maximum Gasteiger partial charge on any atom is 0.142 e. The summed E-state index contributed by atoms with van der Waals surface area (Å²) in [5, 5.41) is 0.705. The van der Waals surface area contributed by atoms with Gasteiger partial charge in [0.05, 0.1) is 6.20 Å². The zero-order valence-electron chi connectivity index (χ0n) is 9.27. The van der Waals surface area contributed by atoms with Crippen LogP contribution in [0.25, 0.3) is 0 Å². The lowest BCUT2D eigenvalue weighted by molar-refractivity contribution is 0.301. The number of ether oxygens (including phenoxy) is 1. The Balaban J connectivity index is 2.07. The smallest absolute Gasteiger partial charge is 0.142 e. The molecule has 0 spiro atoms. The minimum absolute atomic E-state index is 0.438. The van der Waals surface area contributed by atoms with Crippen molar-refractivity contribution in [2.75, 3.05) is 0 Å². The zero-order valence-corrected chi connectivity index (χ0v) is 10.0. The summed E-state index contributed by atoms with van der Waals surface area (Å²) in [4.78, 5) is 4.02. The van der Waals surface area contributed by atoms with Crippen molar-refractivity contribution in [3.63, 3.8) is 0 Å². The number of hydrogen-bond donors (Lipinski definition) is 1. The second kappa shape index (κ2) is 5.66. The molecule has 0 saturated carbocycles. The van der Waals surface area contributed by atoms with Gasteiger partial charge in [0.2, 0.25) is 0 Å². The van der Waals surface area contributed by atoms with E-state index in [4.69, 9.17) is 22.1 Å². The van der Waals surface area contributed by atoms with Crippen LogP contribution in [0.2, 0.25) is 5.02 Å². The molecule has 4 heteroatoms. The van der Waals surface area contributed by atoms with Gasteiger partial charge in [-0.3, -0.25) is 4.98 Å². The van der Waals surface area contributed by atoms with Crippen molar-refractivity contribution in [3.05, 3.63) is 58.9 Å². The minimum atomic E-state index is 0.438. The molecule has 2 N–H and O–H groups in total. The minimum Gasteiger partial charge on any atom is -0.487 e. The predicted octanol–water partition coefficient (Wildman–Crippen LogP) is 2.77. The van der Waals surface area contributed by atoms with Gasteiger partial charge in [0.25, 0.3) is 0 Å². The van der Waals surface area contributed by atoms with Crippen molar-refractivity contribution < 1.29 is 4.74 Å². The monoisotopic (exact) mass is 248 g/mol. The topological polar surface area (TPSA) is 48.1 Å². The van der Waals surface area contributed by atoms with E-state index in [0.29, 0.717) is 18.2 Å². The average Bonchev–Trinajstić information content (AvgIpc) is 2.37. The highest BCUT2D eigenvalue weighted by molar-refractivity contribution is 6.30. The molecule has 88 valence electrons. The summed E-state index contributed by atoms with van der Waals surface area (Å²) < 4.78 is 5.67. The van der Waals surface area contributed by atoms with Crippen LogP contribution in [-0.2, 0) is 13.2 Å². The van der Waals surface area contributed by atoms with Gasteiger partial charge in [0.1, 0.15) is 12.4 Å². The first kappa shape index (κ1) is 11.9. The van der Waals surface area contributed by atoms with Gasteiger partial charge in [0.15, 0.2) is 0 Å². The lowest BCUT2D eigenvalue weighted by atomic mass is 10.2. The summed E-state index contributed by atoms with van der Waals surface area (Å²) in [6.07, 6.45) is 3.38. The van der Waals surface area contributed by atoms with Crippen LogP contribution in [0, 0.1) is 0 Å². The van der Waals surface area contributed by atoms with Crippen molar-refractivity contribution in [2.24, 2.45) is 5.73 Å². The Morgan fingerprint density at radius 1 is 1.29 bits per heavy atom. The fourth-order valence-electron chi connectivity index (χ4n) is 1.50. The summed E-state index contributed by atoms with van der Waals surface area (Å²) in [5.74, 6) is 0.718. The molecule has 0 aliphatic rings. The third-order valence-electron chi connectivity index (χ3n) is 2.37. The van der Waals surface area contributed by atoms with Crippen molar-refractivity contribution in [3.8, 4) is 5.75 Å². The molecule has 1 aromatic carbocycles. The predicted molar refractivity (Wildman–Crippen MR) is 67.9 cm³/mol. The Labute approximate surface area is 105 Å². The number of hydrogen-bond acceptors (Lipinski definition) is 3. The highest BCUT2D eigenvalue weighted by Gasteiger charge is 2.02. The van der Waals surface area contributed by atoms with Gasteiger partial charge in [-0.2, -0.15) is 0 Å². The molecule has 2 rings (SSSR count). The molecule has 0 atom stereocenters. The fraction of sp³-hybridized carbons (Fsp3) is 0.154. The molecule has 0 aliphatic heterocycles. The Morgan fingerprint density at radius 2 is 2.18 bits per heavy atom. The molecule has 0 aliphatic carbocycles. The Bertz CT molecular complexity index is 502. The first-order valence-corrected chi connectivity index (χ1v) is 5.67. The Kier molecular flexibility index (Phi) is 3.96. The average molecular weight is 249 g/mol. The van der Waals surface area contributed by atoms with Gasteiger partial charge < -0.3 is 10.5 Å². The highest BCUT2D eigenvalue weighted by Crippen LogP contribution is 2.18. The number of aromatic nitrogens is 1. The number of benzene rings is 1. The summed E-state index contributed by atoms with van der Waals surface area (Å²) in [5.41, 5.74) is 7.58. The molecule has 3 nitrogen and oxygen atoms in total. The number of rotatable bonds is 4. The van der Waals surface area contributed by atoms with Gasteiger partial charge in [-0.1, -0.05) is 23.7 Å². The fourth-order valence-corrected chi connectivity index (χ4v) is 1.71. The summed E-state index contributed by atoms with van der Waals surface area (Å²) in [7, 11) is 0. The molecule has 0 amide bonds. The van der Waals surface area contributed by atoms with Crippen molar-refractivity contribution in [1.82, 2.24) is 4.98 Å². The lowest BCUT2D eigenvalue weighted by Gasteiger charge is -2.09. The first-order valence-electron chi connectivity index (χ1n) is 5.30. The van der Waals surface area contributed by atoms with E-state index in [9.17, 15) is 0 Å². The molecule has 0 bridgehead atoms. The largest absolute Gasteiger partial charge is 0.487 e. The van der Waals surface area contributed by atoms with Crippen LogP contribution < -0.4 is 10.5 Å². The number of nitrogens with zero attached hydrogens (tertiary/aromatic N) is 1. The maximum atomic E-state index is 5.90. The SMILES string of the molecule is NCc1ccncc1OCc1cccc(Cl)c1. The van der Waals surface area contributed by atoms with E-state index in [2.05, 4.69) is 4.98 Å². The zero-order chi connectivity index (χ0) is 12.1. The highest BCUT2D eigenvalue weighted by atomic mass is 35.5. The Morgan fingerprint density at radius 3 is 2.94 bits per heavy atom. The van der Waals surface area contributed by atoms with Crippen LogP contribution in [0.5, 0.6) is 5.75 Å². The van der Waals surface area contributed by atoms with Crippen molar-refractivity contribution in [1.29, 1.82) is 0 Å². The van der Waals surface area contributed by atoms with Gasteiger partial charge in [-0.15, -0.1) is 0 Å². The molecule has 1 aromatic heterocycles. The first-order chi connectivity index (χ1) is 8.29. The third kappa shape index (κ3) is 3.19. The second-order valence-electron chi connectivity index (χ2n) is 3.61. The van der Waals surface area contributed by atoms with Crippen LogP contribution in [0.3, 0.4) is 0 Å². The second-order valence-corrected chi connectivity index (χ2v) is 4.04. The van der Waals surface area contributed by atoms with Crippen LogP contribution in [-0.4, -0.2) is 4.98 Å². The van der Waals surface area contributed by atoms with Gasteiger partial charge >= 0.3 is 0 Å². The van der Waals surface area contributed by atoms with E-state index < -0.39 is 0 Å². The van der Waals surface area contributed by atoms with Crippen molar-refractivity contribution >= 4 is 11.6 Å². The lowest BCUT2D eigenvalue weighted by Crippen LogP contribution is -2.03. The molecule has 1 heterocycles. The van der Waals surface area contributed by atoms with E-state index in [1.54, 1.807) is 12.4 Å². The van der Waals surface area contributed by atoms with Gasteiger partial charge in [-0.25, -0.2) is 0 Å². The van der Waals surface area contributed by atoms with Crippen LogP contribution in [0.4, 0.5) is 0 Å². The quantitative estimate of drug-likeness (QED) is 0.905. The molecule has 0 saturated heterocycles.